The summed E-state index contributed by atoms with van der Waals surface area (Å²) in [6, 6.07) is 8.43. The second-order valence-electron chi connectivity index (χ2n) is 6.23. The molecule has 4 aromatic rings. The van der Waals surface area contributed by atoms with Gasteiger partial charge in [0.1, 0.15) is 11.6 Å². The summed E-state index contributed by atoms with van der Waals surface area (Å²) in [6.07, 6.45) is 0. The maximum atomic E-state index is 13.0. The van der Waals surface area contributed by atoms with E-state index in [1.165, 1.54) is 36.4 Å². The van der Waals surface area contributed by atoms with Crippen LogP contribution in [0.25, 0.3) is 0 Å². The number of benzene rings is 2. The predicted octanol–water partition coefficient (Wildman–Crippen LogP) is 3.81. The summed E-state index contributed by atoms with van der Waals surface area (Å²) in [5, 5.41) is 32.8. The van der Waals surface area contributed by atoms with Crippen molar-refractivity contribution in [3.05, 3.63) is 68.4 Å². The summed E-state index contributed by atoms with van der Waals surface area (Å²) in [6.45, 7) is 0. The summed E-state index contributed by atoms with van der Waals surface area (Å²) in [5.41, 5.74) is 18.8. The number of amidine groups is 1. The average molecular weight is 669 g/mol. The lowest BCUT2D eigenvalue weighted by Crippen LogP contribution is -2.21. The highest BCUT2D eigenvalue weighted by Gasteiger charge is 2.14. The number of halogens is 5. The molecule has 0 aliphatic heterocycles. The Bertz CT molecular complexity index is 1400. The van der Waals surface area contributed by atoms with Crippen LogP contribution in [0.1, 0.15) is 11.4 Å². The van der Waals surface area contributed by atoms with Crippen LogP contribution in [0.15, 0.2) is 64.7 Å². The Morgan fingerprint density at radius 2 is 1.43 bits per heavy atom. The Balaban J connectivity index is 0.000000214. The molecule has 0 unspecified atom stereocenters. The first-order valence-corrected chi connectivity index (χ1v) is 11.2. The van der Waals surface area contributed by atoms with Crippen LogP contribution in [0.2, 0.25) is 0 Å². The number of hydrogen-bond donors (Lipinski definition) is 6. The number of rotatable bonds is 3. The SMILES string of the molecule is Nc1ccc(F)c(Br)c1.Nc1nonc1/C(Cl)=N/O.Nc1nonc1C(=Nc1ccc(F)c(Br)c1)NO. The molecule has 0 spiro atoms. The van der Waals surface area contributed by atoms with Crippen molar-refractivity contribution in [2.45, 2.75) is 0 Å². The predicted molar refractivity (Wildman–Crippen MR) is 135 cm³/mol. The minimum absolute atomic E-state index is 0.0113. The number of anilines is 3. The maximum Gasteiger partial charge on any atom is 0.201 e. The number of nitrogens with zero attached hydrogens (tertiary/aromatic N) is 6. The highest BCUT2D eigenvalue weighted by molar-refractivity contribution is 9.10. The van der Waals surface area contributed by atoms with E-state index in [2.05, 4.69) is 71.9 Å². The van der Waals surface area contributed by atoms with Crippen LogP contribution in [-0.2, 0) is 0 Å². The van der Waals surface area contributed by atoms with E-state index < -0.39 is 5.82 Å². The number of nitrogens with two attached hydrogens (primary N) is 3. The fourth-order valence-corrected chi connectivity index (χ4v) is 2.97. The lowest BCUT2D eigenvalue weighted by Gasteiger charge is -2.02. The summed E-state index contributed by atoms with van der Waals surface area (Å²) in [7, 11) is 0. The van der Waals surface area contributed by atoms with Gasteiger partial charge < -0.3 is 22.4 Å². The van der Waals surface area contributed by atoms with Crippen molar-refractivity contribution in [1.29, 1.82) is 0 Å². The molecule has 0 fully saturated rings. The standard InChI is InChI=1S/C9H7BrFN5O2.C6H5BrFN.C3H3ClN4O2/c10-5-3-4(1-2-6(5)11)13-9(14-17)7-8(12)16-18-15-7;7-5-3-4(9)1-2-6(5)8;4-2(6-9)1-3(5)8-10-7-1/h1-3,17H,(H2,12,16)(H,13,14);1-3H,9H2;9H,(H2,5,8)/b;;6-2-. The van der Waals surface area contributed by atoms with Gasteiger partial charge in [-0.1, -0.05) is 16.8 Å². The number of hydrogen-bond acceptors (Lipinski definition) is 13. The van der Waals surface area contributed by atoms with E-state index in [0.29, 0.717) is 15.8 Å². The third-order valence-corrected chi connectivity index (χ3v) is 5.20. The number of aliphatic imine (C=N–C) groups is 1. The van der Waals surface area contributed by atoms with Gasteiger partial charge in [0.05, 0.1) is 14.6 Å². The van der Waals surface area contributed by atoms with E-state index in [9.17, 15) is 8.78 Å². The van der Waals surface area contributed by atoms with Crippen LogP contribution in [0.5, 0.6) is 0 Å². The van der Waals surface area contributed by atoms with Gasteiger partial charge in [0.2, 0.25) is 5.17 Å². The van der Waals surface area contributed by atoms with Crippen molar-refractivity contribution < 1.29 is 28.5 Å². The molecule has 37 heavy (non-hydrogen) atoms. The second kappa shape index (κ2) is 14.0. The van der Waals surface area contributed by atoms with Crippen LogP contribution in [0.4, 0.5) is 31.8 Å². The molecule has 196 valence electrons. The molecule has 2 heterocycles. The molecule has 0 saturated carbocycles. The molecule has 9 N–H and O–H groups in total. The number of hydroxylamine groups is 1. The zero-order chi connectivity index (χ0) is 27.5. The molecule has 0 atom stereocenters. The van der Waals surface area contributed by atoms with Crippen molar-refractivity contribution >= 4 is 77.5 Å². The molecule has 0 saturated heterocycles. The monoisotopic (exact) mass is 666 g/mol. The Morgan fingerprint density at radius 3 is 1.86 bits per heavy atom. The molecular weight excluding hydrogens is 654 g/mol. The Kier molecular flexibility index (Phi) is 11.1. The van der Waals surface area contributed by atoms with Crippen LogP contribution < -0.4 is 22.7 Å². The Labute approximate surface area is 227 Å². The molecule has 0 bridgehead atoms. The third kappa shape index (κ3) is 8.63. The number of oxime groups is 1. The van der Waals surface area contributed by atoms with Gasteiger partial charge in [-0.2, -0.15) is 0 Å². The van der Waals surface area contributed by atoms with Gasteiger partial charge in [-0.15, -0.1) is 0 Å². The number of nitrogens with one attached hydrogen (secondary N) is 1. The molecular formula is C18H15Br2ClF2N10O4. The van der Waals surface area contributed by atoms with Crippen molar-refractivity contribution in [2.24, 2.45) is 10.1 Å². The van der Waals surface area contributed by atoms with E-state index >= 15 is 0 Å². The van der Waals surface area contributed by atoms with Gasteiger partial charge in [0.25, 0.3) is 0 Å². The minimum atomic E-state index is -0.421. The molecule has 0 aliphatic carbocycles. The van der Waals surface area contributed by atoms with Crippen molar-refractivity contribution in [2.75, 3.05) is 17.2 Å². The highest BCUT2D eigenvalue weighted by Crippen LogP contribution is 2.23. The minimum Gasteiger partial charge on any atom is -0.410 e. The Hall–Kier alpha value is -3.87. The lowest BCUT2D eigenvalue weighted by molar-refractivity contribution is 0.234. The summed E-state index contributed by atoms with van der Waals surface area (Å²) in [5.74, 6) is -0.814. The van der Waals surface area contributed by atoms with E-state index in [-0.39, 0.29) is 44.3 Å². The molecule has 4 rings (SSSR count). The lowest BCUT2D eigenvalue weighted by atomic mass is 10.3. The fourth-order valence-electron chi connectivity index (χ4n) is 2.07. The van der Waals surface area contributed by atoms with Crippen LogP contribution in [0, 0.1) is 11.6 Å². The zero-order valence-corrected chi connectivity index (χ0v) is 21.9. The van der Waals surface area contributed by atoms with E-state index in [1.807, 2.05) is 5.48 Å². The topological polar surface area (TPSA) is 233 Å². The molecule has 0 aliphatic rings. The van der Waals surface area contributed by atoms with Crippen LogP contribution in [0.3, 0.4) is 0 Å². The van der Waals surface area contributed by atoms with Crippen LogP contribution >= 0.6 is 43.5 Å². The summed E-state index contributed by atoms with van der Waals surface area (Å²) < 4.78 is 34.6. The van der Waals surface area contributed by atoms with E-state index in [1.54, 1.807) is 0 Å². The molecule has 2 aromatic carbocycles. The van der Waals surface area contributed by atoms with Gasteiger partial charge >= 0.3 is 0 Å². The third-order valence-electron chi connectivity index (χ3n) is 3.73. The van der Waals surface area contributed by atoms with Gasteiger partial charge in [-0.3, -0.25) is 10.7 Å². The normalized spacial score (nSPS) is 11.2. The highest BCUT2D eigenvalue weighted by atomic mass is 79.9. The molecule has 19 heteroatoms. The van der Waals surface area contributed by atoms with Crippen molar-refractivity contribution in [1.82, 2.24) is 26.1 Å². The first-order valence-electron chi connectivity index (χ1n) is 9.26. The molecule has 14 nitrogen and oxygen atoms in total. The van der Waals surface area contributed by atoms with Crippen LogP contribution in [-0.4, -0.2) is 42.0 Å². The zero-order valence-electron chi connectivity index (χ0n) is 18.0. The molecule has 2 aromatic heterocycles. The van der Waals surface area contributed by atoms with Crippen molar-refractivity contribution in [3.8, 4) is 0 Å². The Morgan fingerprint density at radius 1 is 0.892 bits per heavy atom. The fraction of sp³-hybridized carbons (Fsp3) is 0. The quantitative estimate of drug-likeness (QED) is 0.0601. The van der Waals surface area contributed by atoms with Gasteiger partial charge in [0.15, 0.2) is 28.9 Å². The maximum absolute atomic E-state index is 13.0. The smallest absolute Gasteiger partial charge is 0.201 e. The largest absolute Gasteiger partial charge is 0.410 e. The second-order valence-corrected chi connectivity index (χ2v) is 8.30. The molecule has 0 radical (unpaired) electrons. The molecule has 0 amide bonds. The van der Waals surface area contributed by atoms with Gasteiger partial charge in [-0.05, 0) is 88.9 Å². The van der Waals surface area contributed by atoms with Gasteiger partial charge in [0, 0.05) is 5.69 Å². The summed E-state index contributed by atoms with van der Waals surface area (Å²) >= 11 is 11.3. The van der Waals surface area contributed by atoms with Gasteiger partial charge in [-0.25, -0.2) is 23.0 Å². The first kappa shape index (κ1) is 29.4. The first-order chi connectivity index (χ1) is 17.6. The number of aromatic nitrogens is 4. The number of nitrogen functional groups attached to an aromatic ring is 3. The van der Waals surface area contributed by atoms with E-state index in [0.717, 1.165) is 0 Å². The van der Waals surface area contributed by atoms with Crippen molar-refractivity contribution in [3.63, 3.8) is 0 Å². The summed E-state index contributed by atoms with van der Waals surface area (Å²) in [4.78, 5) is 4.00. The average Bonchev–Trinajstić information content (AvgIpc) is 3.50. The van der Waals surface area contributed by atoms with E-state index in [4.69, 9.17) is 39.2 Å².